The van der Waals surface area contributed by atoms with Crippen LogP contribution in [0.5, 0.6) is 0 Å². The third-order valence-corrected chi connectivity index (χ3v) is 6.10. The van der Waals surface area contributed by atoms with Crippen molar-refractivity contribution in [3.63, 3.8) is 0 Å². The van der Waals surface area contributed by atoms with Crippen LogP contribution in [0.2, 0.25) is 0 Å². The second-order valence-corrected chi connectivity index (χ2v) is 8.46. The van der Waals surface area contributed by atoms with Crippen LogP contribution >= 0.6 is 0 Å². The number of imide groups is 1. The number of carbonyl (C=O) groups is 2. The summed E-state index contributed by atoms with van der Waals surface area (Å²) in [5.41, 5.74) is 1.96. The van der Waals surface area contributed by atoms with Crippen LogP contribution in [0.3, 0.4) is 0 Å². The number of hydrogen-bond donors (Lipinski definition) is 1. The molecule has 0 aliphatic heterocycles. The number of aromatic amines is 1. The van der Waals surface area contributed by atoms with Crippen LogP contribution in [0.4, 0.5) is 5.69 Å². The Morgan fingerprint density at radius 1 is 1.13 bits per heavy atom. The quantitative estimate of drug-likeness (QED) is 0.631. The normalized spacial score (nSPS) is 15.2. The molecule has 0 saturated heterocycles. The summed E-state index contributed by atoms with van der Waals surface area (Å²) >= 11 is 0. The SMILES string of the molecule is CC1(CC(=O)N(C=O)c2cccc(Cc3n[nH]c(=O)c4ccccc34)c2)CCCC1. The number of benzene rings is 2. The molecule has 0 radical (unpaired) electrons. The number of H-pyrrole nitrogens is 1. The fraction of sp³-hybridized carbons (Fsp3) is 0.333. The van der Waals surface area contributed by atoms with Gasteiger partial charge in [-0.1, -0.05) is 50.1 Å². The van der Waals surface area contributed by atoms with Gasteiger partial charge in [-0.2, -0.15) is 5.10 Å². The predicted octanol–water partition coefficient (Wildman–Crippen LogP) is 3.97. The van der Waals surface area contributed by atoms with Crippen molar-refractivity contribution in [1.29, 1.82) is 0 Å². The fourth-order valence-electron chi connectivity index (χ4n) is 4.44. The summed E-state index contributed by atoms with van der Waals surface area (Å²) in [4.78, 5) is 37.8. The molecular formula is C24H25N3O3. The minimum atomic E-state index is -0.221. The van der Waals surface area contributed by atoms with Crippen molar-refractivity contribution >= 4 is 28.8 Å². The van der Waals surface area contributed by atoms with Gasteiger partial charge in [-0.3, -0.25) is 19.3 Å². The molecule has 3 aromatic rings. The largest absolute Gasteiger partial charge is 0.278 e. The Balaban J connectivity index is 1.59. The van der Waals surface area contributed by atoms with Gasteiger partial charge in [0, 0.05) is 18.2 Å². The average Bonchev–Trinajstić information content (AvgIpc) is 3.17. The van der Waals surface area contributed by atoms with Gasteiger partial charge in [0.05, 0.1) is 16.8 Å². The summed E-state index contributed by atoms with van der Waals surface area (Å²) in [7, 11) is 0. The van der Waals surface area contributed by atoms with Crippen molar-refractivity contribution in [2.24, 2.45) is 5.41 Å². The molecule has 1 aliphatic rings. The lowest BCUT2D eigenvalue weighted by Gasteiger charge is -2.25. The van der Waals surface area contributed by atoms with Crippen LogP contribution in [0.15, 0.2) is 53.3 Å². The smallest absolute Gasteiger partial charge is 0.272 e. The first-order valence-corrected chi connectivity index (χ1v) is 10.3. The standard InChI is InChI=1S/C24H25N3O3/c1-24(11-4-5-12-24)15-22(29)27(16-28)18-8-6-7-17(13-18)14-21-19-9-2-3-10-20(19)23(30)26-25-21/h2-3,6-10,13,16H,4-5,11-12,14-15H2,1H3,(H,26,30). The van der Waals surface area contributed by atoms with Gasteiger partial charge in [0.25, 0.3) is 5.56 Å². The van der Waals surface area contributed by atoms with Crippen molar-refractivity contribution in [1.82, 2.24) is 10.2 Å². The lowest BCUT2D eigenvalue weighted by atomic mass is 9.84. The van der Waals surface area contributed by atoms with Crippen molar-refractivity contribution < 1.29 is 9.59 Å². The summed E-state index contributed by atoms with van der Waals surface area (Å²) < 4.78 is 0. The Morgan fingerprint density at radius 3 is 2.60 bits per heavy atom. The van der Waals surface area contributed by atoms with E-state index in [0.717, 1.165) is 42.3 Å². The van der Waals surface area contributed by atoms with E-state index in [-0.39, 0.29) is 16.9 Å². The molecule has 0 unspecified atom stereocenters. The molecule has 1 N–H and O–H groups in total. The summed E-state index contributed by atoms with van der Waals surface area (Å²) in [6.07, 6.45) is 5.78. The highest BCUT2D eigenvalue weighted by atomic mass is 16.2. The Morgan fingerprint density at radius 2 is 1.87 bits per heavy atom. The average molecular weight is 403 g/mol. The van der Waals surface area contributed by atoms with Crippen molar-refractivity contribution in [2.45, 2.75) is 45.4 Å². The van der Waals surface area contributed by atoms with Gasteiger partial charge in [-0.15, -0.1) is 0 Å². The van der Waals surface area contributed by atoms with Crippen molar-refractivity contribution in [3.05, 3.63) is 70.1 Å². The van der Waals surface area contributed by atoms with Crippen LogP contribution in [-0.4, -0.2) is 22.5 Å². The highest BCUT2D eigenvalue weighted by Gasteiger charge is 2.33. The van der Waals surface area contributed by atoms with Gasteiger partial charge < -0.3 is 0 Å². The van der Waals surface area contributed by atoms with Gasteiger partial charge in [0.2, 0.25) is 12.3 Å². The molecule has 1 aromatic heterocycles. The van der Waals surface area contributed by atoms with Crippen LogP contribution in [-0.2, 0) is 16.0 Å². The van der Waals surface area contributed by atoms with Gasteiger partial charge >= 0.3 is 0 Å². The fourth-order valence-corrected chi connectivity index (χ4v) is 4.44. The monoisotopic (exact) mass is 403 g/mol. The molecule has 1 fully saturated rings. The number of aromatic nitrogens is 2. The Bertz CT molecular complexity index is 1150. The molecule has 0 spiro atoms. The number of fused-ring (bicyclic) bond motifs is 1. The third kappa shape index (κ3) is 4.03. The van der Waals surface area contributed by atoms with E-state index >= 15 is 0 Å². The molecule has 0 bridgehead atoms. The van der Waals surface area contributed by atoms with Gasteiger partial charge in [-0.05, 0) is 42.0 Å². The van der Waals surface area contributed by atoms with E-state index < -0.39 is 0 Å². The maximum Gasteiger partial charge on any atom is 0.272 e. The highest BCUT2D eigenvalue weighted by molar-refractivity contribution is 6.07. The minimum Gasteiger partial charge on any atom is -0.278 e. The number of hydrogen-bond acceptors (Lipinski definition) is 4. The lowest BCUT2D eigenvalue weighted by Crippen LogP contribution is -2.33. The second-order valence-electron chi connectivity index (χ2n) is 8.46. The molecule has 4 rings (SSSR count). The molecule has 0 atom stereocenters. The van der Waals surface area contributed by atoms with E-state index in [1.165, 1.54) is 4.90 Å². The Hall–Kier alpha value is -3.28. The van der Waals surface area contributed by atoms with Gasteiger partial charge in [-0.25, -0.2) is 5.10 Å². The second kappa shape index (κ2) is 8.22. The minimum absolute atomic E-state index is 0.0191. The van der Waals surface area contributed by atoms with E-state index in [9.17, 15) is 14.4 Å². The van der Waals surface area contributed by atoms with E-state index in [0.29, 0.717) is 30.3 Å². The first-order valence-electron chi connectivity index (χ1n) is 10.3. The first kappa shape index (κ1) is 20.0. The molecule has 1 saturated carbocycles. The third-order valence-electron chi connectivity index (χ3n) is 6.10. The zero-order valence-corrected chi connectivity index (χ0v) is 17.1. The van der Waals surface area contributed by atoms with Crippen LogP contribution in [0.1, 0.15) is 50.3 Å². The zero-order chi connectivity index (χ0) is 21.1. The van der Waals surface area contributed by atoms with Crippen molar-refractivity contribution in [2.75, 3.05) is 4.90 Å². The highest BCUT2D eigenvalue weighted by Crippen LogP contribution is 2.41. The van der Waals surface area contributed by atoms with E-state index in [1.54, 1.807) is 12.1 Å². The predicted molar refractivity (Wildman–Crippen MR) is 116 cm³/mol. The first-order chi connectivity index (χ1) is 14.5. The van der Waals surface area contributed by atoms with E-state index in [1.807, 2.05) is 36.4 Å². The summed E-state index contributed by atoms with van der Waals surface area (Å²) in [6.45, 7) is 2.13. The number of anilines is 1. The van der Waals surface area contributed by atoms with Crippen LogP contribution < -0.4 is 10.5 Å². The molecule has 2 aromatic carbocycles. The molecule has 6 heteroatoms. The van der Waals surface area contributed by atoms with Crippen molar-refractivity contribution in [3.8, 4) is 0 Å². The summed E-state index contributed by atoms with van der Waals surface area (Å²) in [6, 6.07) is 14.7. The lowest BCUT2D eigenvalue weighted by molar-refractivity contribution is -0.123. The number of nitrogens with one attached hydrogen (secondary N) is 1. The molecule has 6 nitrogen and oxygen atoms in total. The molecular weight excluding hydrogens is 378 g/mol. The number of rotatable bonds is 6. The Kier molecular flexibility index (Phi) is 5.48. The maximum atomic E-state index is 12.9. The molecule has 1 aliphatic carbocycles. The van der Waals surface area contributed by atoms with E-state index in [4.69, 9.17) is 0 Å². The summed E-state index contributed by atoms with van der Waals surface area (Å²) in [5, 5.41) is 8.16. The maximum absolute atomic E-state index is 12.9. The number of nitrogens with zero attached hydrogens (tertiary/aromatic N) is 2. The van der Waals surface area contributed by atoms with Crippen LogP contribution in [0, 0.1) is 5.41 Å². The zero-order valence-electron chi connectivity index (χ0n) is 17.1. The number of carbonyl (C=O) groups excluding carboxylic acids is 2. The van der Waals surface area contributed by atoms with Gasteiger partial charge in [0.15, 0.2) is 0 Å². The topological polar surface area (TPSA) is 83.1 Å². The number of amides is 2. The molecule has 2 amide bonds. The van der Waals surface area contributed by atoms with E-state index in [2.05, 4.69) is 17.1 Å². The van der Waals surface area contributed by atoms with Gasteiger partial charge in [0.1, 0.15) is 0 Å². The molecule has 154 valence electrons. The molecule has 1 heterocycles. The summed E-state index contributed by atoms with van der Waals surface area (Å²) in [5.74, 6) is -0.167. The van der Waals surface area contributed by atoms with Crippen LogP contribution in [0.25, 0.3) is 10.8 Å². The molecule has 30 heavy (non-hydrogen) atoms. The Labute approximate surface area is 174 Å².